The van der Waals surface area contributed by atoms with Crippen LogP contribution in [0.5, 0.6) is 0 Å². The lowest BCUT2D eigenvalue weighted by molar-refractivity contribution is 0.0548. The van der Waals surface area contributed by atoms with E-state index in [2.05, 4.69) is 69.8 Å². The van der Waals surface area contributed by atoms with Crippen LogP contribution in [0.25, 0.3) is 6.08 Å². The van der Waals surface area contributed by atoms with Crippen molar-refractivity contribution in [2.75, 3.05) is 44.3 Å². The van der Waals surface area contributed by atoms with E-state index in [4.69, 9.17) is 17.0 Å². The Morgan fingerprint density at radius 2 is 1.80 bits per heavy atom. The molecule has 6 nitrogen and oxygen atoms in total. The van der Waals surface area contributed by atoms with Gasteiger partial charge in [-0.05, 0) is 86.7 Å². The van der Waals surface area contributed by atoms with Gasteiger partial charge in [-0.15, -0.1) is 0 Å². The molecule has 2 fully saturated rings. The van der Waals surface area contributed by atoms with E-state index in [1.807, 2.05) is 6.21 Å². The van der Waals surface area contributed by atoms with Gasteiger partial charge in [-0.1, -0.05) is 31.4 Å². The summed E-state index contributed by atoms with van der Waals surface area (Å²) in [4.78, 5) is 4.84. The molecule has 3 aliphatic rings. The van der Waals surface area contributed by atoms with E-state index < -0.39 is 0 Å². The summed E-state index contributed by atoms with van der Waals surface area (Å²) in [5.74, 6) is 0. The number of ether oxygens (including phenoxy) is 1. The number of thiocarbonyl (C=S) groups is 1. The largest absolute Gasteiger partial charge is 0.378 e. The third-order valence-corrected chi connectivity index (χ3v) is 7.50. The predicted molar refractivity (Wildman–Crippen MR) is 151 cm³/mol. The summed E-state index contributed by atoms with van der Waals surface area (Å²) in [7, 11) is 0. The molecule has 2 aliphatic carbocycles. The molecule has 7 heteroatoms. The van der Waals surface area contributed by atoms with E-state index >= 15 is 0 Å². The second-order valence-corrected chi connectivity index (χ2v) is 9.99. The van der Waals surface area contributed by atoms with Crippen LogP contribution in [-0.2, 0) is 4.74 Å². The molecule has 1 saturated carbocycles. The average molecular weight is 496 g/mol. The van der Waals surface area contributed by atoms with Gasteiger partial charge in [0.15, 0.2) is 5.11 Å². The zero-order valence-corrected chi connectivity index (χ0v) is 22.2. The normalized spacial score (nSPS) is 20.6. The first kappa shape index (κ1) is 25.7. The Kier molecular flexibility index (Phi) is 9.60. The van der Waals surface area contributed by atoms with Gasteiger partial charge in [-0.3, -0.25) is 5.43 Å². The zero-order chi connectivity index (χ0) is 24.5. The summed E-state index contributed by atoms with van der Waals surface area (Å²) in [6.07, 6.45) is 12.6. The summed E-state index contributed by atoms with van der Waals surface area (Å²) in [5.41, 5.74) is 9.56. The number of nitrogens with zero attached hydrogens (tertiary/aromatic N) is 3. The Hall–Kier alpha value is -2.38. The van der Waals surface area contributed by atoms with E-state index in [1.54, 1.807) is 0 Å². The first-order valence-electron chi connectivity index (χ1n) is 13.4. The highest BCUT2D eigenvalue weighted by atomic mass is 32.1. The van der Waals surface area contributed by atoms with E-state index in [1.165, 1.54) is 60.2 Å². The van der Waals surface area contributed by atoms with Crippen molar-refractivity contribution < 1.29 is 4.74 Å². The highest BCUT2D eigenvalue weighted by Gasteiger charge is 2.25. The predicted octanol–water partition coefficient (Wildman–Crippen LogP) is 5.08. The standard InChI is InChI=1S/C28H41N5OS/c1-3-32(4-2)26-14-10-22(11-15-26)20-23-12-13-24(27(23)33-16-18-34-19-17-33)21-29-31-28(35)30-25-8-6-5-7-9-25/h10-11,14-15,20-21,25H,3-9,12-13,16-19H2,1-2H3,(H2,30,31,35). The van der Waals surface area contributed by atoms with Gasteiger partial charge in [0, 0.05) is 43.6 Å². The smallest absolute Gasteiger partial charge is 0.187 e. The second kappa shape index (κ2) is 13.1. The Labute approximate surface area is 216 Å². The van der Waals surface area contributed by atoms with Crippen molar-refractivity contribution in [3.05, 3.63) is 46.7 Å². The molecule has 1 aliphatic heterocycles. The molecule has 1 aromatic rings. The van der Waals surface area contributed by atoms with Crippen LogP contribution < -0.4 is 15.6 Å². The lowest BCUT2D eigenvalue weighted by atomic mass is 9.96. The highest BCUT2D eigenvalue weighted by Crippen LogP contribution is 2.35. The highest BCUT2D eigenvalue weighted by molar-refractivity contribution is 7.80. The first-order valence-corrected chi connectivity index (χ1v) is 13.8. The van der Waals surface area contributed by atoms with Gasteiger partial charge in [0.05, 0.1) is 19.4 Å². The minimum absolute atomic E-state index is 0.483. The van der Waals surface area contributed by atoms with Crippen LogP contribution in [0.4, 0.5) is 5.69 Å². The van der Waals surface area contributed by atoms with Crippen LogP contribution in [0, 0.1) is 0 Å². The van der Waals surface area contributed by atoms with Crippen LogP contribution in [-0.4, -0.2) is 61.7 Å². The molecule has 0 amide bonds. The van der Waals surface area contributed by atoms with Gasteiger partial charge in [0.2, 0.25) is 0 Å². The molecule has 0 bridgehead atoms. The molecule has 190 valence electrons. The molecule has 0 spiro atoms. The molecule has 0 aromatic heterocycles. The number of morpholine rings is 1. The van der Waals surface area contributed by atoms with Crippen molar-refractivity contribution in [1.82, 2.24) is 15.6 Å². The Bertz CT molecular complexity index is 923. The average Bonchev–Trinajstić information content (AvgIpc) is 3.29. The van der Waals surface area contributed by atoms with Crippen LogP contribution in [0.1, 0.15) is 64.4 Å². The number of nitrogens with one attached hydrogen (secondary N) is 2. The lowest BCUT2D eigenvalue weighted by Gasteiger charge is -2.31. The van der Waals surface area contributed by atoms with Crippen molar-refractivity contribution in [1.29, 1.82) is 0 Å². The van der Waals surface area contributed by atoms with E-state index in [0.717, 1.165) is 52.2 Å². The topological polar surface area (TPSA) is 52.1 Å². The summed E-state index contributed by atoms with van der Waals surface area (Å²) < 4.78 is 5.63. The fraction of sp³-hybridized carbons (Fsp3) is 0.571. The number of hydrazone groups is 1. The first-order chi connectivity index (χ1) is 17.2. The minimum atomic E-state index is 0.483. The maximum absolute atomic E-state index is 5.63. The van der Waals surface area contributed by atoms with Crippen molar-refractivity contribution >= 4 is 35.3 Å². The van der Waals surface area contributed by atoms with Crippen molar-refractivity contribution in [2.45, 2.75) is 64.8 Å². The van der Waals surface area contributed by atoms with Crippen LogP contribution in [0.2, 0.25) is 0 Å². The maximum Gasteiger partial charge on any atom is 0.187 e. The number of anilines is 1. The summed E-state index contributed by atoms with van der Waals surface area (Å²) >= 11 is 5.49. The van der Waals surface area contributed by atoms with Crippen molar-refractivity contribution in [3.63, 3.8) is 0 Å². The lowest BCUT2D eigenvalue weighted by Crippen LogP contribution is -2.40. The minimum Gasteiger partial charge on any atom is -0.378 e. The monoisotopic (exact) mass is 495 g/mol. The number of allylic oxidation sites excluding steroid dienone is 2. The quantitative estimate of drug-likeness (QED) is 0.298. The SMILES string of the molecule is CCN(CC)c1ccc(C=C2CCC(C=NNC(=S)NC3CCCCC3)=C2N2CCOCC2)cc1. The molecule has 1 saturated heterocycles. The maximum atomic E-state index is 5.63. The third kappa shape index (κ3) is 7.07. The second-order valence-electron chi connectivity index (χ2n) is 9.59. The molecule has 1 aromatic carbocycles. The molecular weight excluding hydrogens is 454 g/mol. The fourth-order valence-corrected chi connectivity index (χ4v) is 5.60. The molecule has 0 radical (unpaired) electrons. The van der Waals surface area contributed by atoms with Gasteiger partial charge < -0.3 is 19.9 Å². The van der Waals surface area contributed by atoms with E-state index in [0.29, 0.717) is 11.2 Å². The van der Waals surface area contributed by atoms with Gasteiger partial charge in [-0.2, -0.15) is 5.10 Å². The van der Waals surface area contributed by atoms with E-state index in [-0.39, 0.29) is 0 Å². The summed E-state index contributed by atoms with van der Waals surface area (Å²) in [6.45, 7) is 9.83. The summed E-state index contributed by atoms with van der Waals surface area (Å²) in [6, 6.07) is 9.43. The Morgan fingerprint density at radius 3 is 2.49 bits per heavy atom. The van der Waals surface area contributed by atoms with Crippen molar-refractivity contribution in [3.8, 4) is 0 Å². The van der Waals surface area contributed by atoms with Crippen LogP contribution in [0.15, 0.2) is 46.2 Å². The number of hydrogen-bond donors (Lipinski definition) is 2. The molecule has 0 atom stereocenters. The molecule has 1 heterocycles. The van der Waals surface area contributed by atoms with Gasteiger partial charge in [0.25, 0.3) is 0 Å². The van der Waals surface area contributed by atoms with Crippen molar-refractivity contribution in [2.24, 2.45) is 5.10 Å². The molecule has 35 heavy (non-hydrogen) atoms. The van der Waals surface area contributed by atoms with Gasteiger partial charge in [0.1, 0.15) is 0 Å². The number of rotatable bonds is 8. The van der Waals surface area contributed by atoms with E-state index in [9.17, 15) is 0 Å². The van der Waals surface area contributed by atoms with Crippen LogP contribution in [0.3, 0.4) is 0 Å². The van der Waals surface area contributed by atoms with Crippen LogP contribution >= 0.6 is 12.2 Å². The number of benzene rings is 1. The van der Waals surface area contributed by atoms with Gasteiger partial charge in [-0.25, -0.2) is 0 Å². The number of hydrogen-bond acceptors (Lipinski definition) is 5. The fourth-order valence-electron chi connectivity index (χ4n) is 5.38. The molecule has 0 unspecified atom stereocenters. The Morgan fingerprint density at radius 1 is 1.09 bits per heavy atom. The molecular formula is C28H41N5OS. The van der Waals surface area contributed by atoms with Gasteiger partial charge >= 0.3 is 0 Å². The third-order valence-electron chi connectivity index (χ3n) is 7.29. The zero-order valence-electron chi connectivity index (χ0n) is 21.4. The molecule has 4 rings (SSSR count). The molecule has 2 N–H and O–H groups in total. The Balaban J connectivity index is 1.48. The summed E-state index contributed by atoms with van der Waals surface area (Å²) in [5, 5.41) is 8.59.